The predicted octanol–water partition coefficient (Wildman–Crippen LogP) is 0.679. The Labute approximate surface area is 67.2 Å². The number of benzene rings is 1. The van der Waals surface area contributed by atoms with E-state index in [4.69, 9.17) is 3.44 Å². The minimum atomic E-state index is -3.13. The van der Waals surface area contributed by atoms with E-state index in [1.165, 1.54) is 0 Å². The minimum absolute atomic E-state index is 0.392. The molecule has 0 unspecified atom stereocenters. The number of hydrogen-bond donors (Lipinski definition) is 1. The van der Waals surface area contributed by atoms with E-state index in [9.17, 15) is 3.08 Å². The van der Waals surface area contributed by atoms with Crippen molar-refractivity contribution in [2.75, 3.05) is 0 Å². The summed E-state index contributed by atoms with van der Waals surface area (Å²) in [5, 5.41) is 0. The van der Waals surface area contributed by atoms with E-state index in [1.807, 2.05) is 30.3 Å². The normalized spacial score (nSPS) is 9.30. The van der Waals surface area contributed by atoms with Gasteiger partial charge in [-0.15, -0.1) is 0 Å². The first kappa shape index (κ1) is 7.88. The fourth-order valence-corrected chi connectivity index (χ4v) is 2.44. The van der Waals surface area contributed by atoms with Crippen LogP contribution in [0.15, 0.2) is 30.3 Å². The zero-order chi connectivity index (χ0) is 7.40. The summed E-state index contributed by atoms with van der Waals surface area (Å²) in [6.07, 6.45) is 0. The molecule has 1 aromatic carbocycles. The van der Waals surface area contributed by atoms with Gasteiger partial charge in [-0.2, -0.15) is 0 Å². The Hall–Kier alpha value is -0.221. The zero-order valence-electron chi connectivity index (χ0n) is 5.45. The first-order chi connectivity index (χ1) is 4.79. The summed E-state index contributed by atoms with van der Waals surface area (Å²) >= 11 is -3.13. The third-order valence-corrected chi connectivity index (χ3v) is 3.23. The van der Waals surface area contributed by atoms with Crippen LogP contribution >= 0.6 is 0 Å². The third-order valence-electron chi connectivity index (χ3n) is 1.20. The average molecular weight is 243 g/mol. The molecule has 3 heteroatoms. The van der Waals surface area contributed by atoms with Gasteiger partial charge in [0.05, 0.1) is 0 Å². The summed E-state index contributed by atoms with van der Waals surface area (Å²) in [6, 6.07) is 9.39. The second-order valence-corrected chi connectivity index (χ2v) is 5.31. The van der Waals surface area contributed by atoms with Crippen molar-refractivity contribution in [3.63, 3.8) is 0 Å². The molecule has 0 saturated heterocycles. The Morgan fingerprint density at radius 3 is 2.40 bits per heavy atom. The molecule has 1 rings (SSSR count). The molecule has 0 amide bonds. The van der Waals surface area contributed by atoms with Crippen LogP contribution in [0.1, 0.15) is 5.56 Å². The molecule has 0 saturated carbocycles. The van der Waals surface area contributed by atoms with Gasteiger partial charge in [0, 0.05) is 0 Å². The van der Waals surface area contributed by atoms with Crippen molar-refractivity contribution in [1.29, 1.82) is 0 Å². The molecule has 0 aliphatic carbocycles. The summed E-state index contributed by atoms with van der Waals surface area (Å²) in [4.78, 5) is 0. The molecule has 0 heterocycles. The van der Waals surface area contributed by atoms with E-state index in [-0.39, 0.29) is 0 Å². The van der Waals surface area contributed by atoms with E-state index in [0.717, 1.165) is 5.56 Å². The van der Waals surface area contributed by atoms with Gasteiger partial charge in [0.15, 0.2) is 0 Å². The Morgan fingerprint density at radius 2 is 1.90 bits per heavy atom. The fourth-order valence-electron chi connectivity index (χ4n) is 0.770. The summed E-state index contributed by atoms with van der Waals surface area (Å²) < 4.78 is 19.5. The van der Waals surface area contributed by atoms with E-state index < -0.39 is 20.2 Å². The molecule has 52 valence electrons. The van der Waals surface area contributed by atoms with Crippen molar-refractivity contribution in [3.05, 3.63) is 35.9 Å². The van der Waals surface area contributed by atoms with Crippen LogP contribution in [-0.2, 0) is 7.51 Å². The molecule has 0 fully saturated rings. The van der Waals surface area contributed by atoms with E-state index >= 15 is 0 Å². The summed E-state index contributed by atoms with van der Waals surface area (Å²) in [6.45, 7) is 0. The van der Waals surface area contributed by atoms with Crippen LogP contribution in [-0.4, -0.2) is 23.6 Å². The van der Waals surface area contributed by atoms with Crippen LogP contribution < -0.4 is 0 Å². The Morgan fingerprint density at radius 1 is 1.30 bits per heavy atom. The van der Waals surface area contributed by atoms with Gasteiger partial charge in [0.25, 0.3) is 0 Å². The molecule has 2 nitrogen and oxygen atoms in total. The van der Waals surface area contributed by atoms with E-state index in [2.05, 4.69) is 0 Å². The summed E-state index contributed by atoms with van der Waals surface area (Å²) in [7, 11) is 0. The van der Waals surface area contributed by atoms with Gasteiger partial charge in [-0.1, -0.05) is 0 Å². The van der Waals surface area contributed by atoms with Gasteiger partial charge in [-0.05, 0) is 0 Å². The predicted molar refractivity (Wildman–Crippen MR) is 38.8 cm³/mol. The molecule has 0 aromatic heterocycles. The van der Waals surface area contributed by atoms with Crippen LogP contribution in [0.5, 0.6) is 0 Å². The van der Waals surface area contributed by atoms with Crippen molar-refractivity contribution in [2.45, 2.75) is 4.44 Å². The topological polar surface area (TPSA) is 37.3 Å². The Kier molecular flexibility index (Phi) is 3.02. The van der Waals surface area contributed by atoms with Crippen LogP contribution in [0.3, 0.4) is 0 Å². The maximum atomic E-state index is 10.4. The standard InChI is InChI=1S/C7H7.H2O.O.Sn/c1-7-5-3-2-4-6-7;;;/h2-6H,1H2;1H2;;/q;;;+1/p-1. The molecule has 1 aromatic rings. The van der Waals surface area contributed by atoms with Crippen molar-refractivity contribution < 1.29 is 6.52 Å². The van der Waals surface area contributed by atoms with Gasteiger partial charge in [0.2, 0.25) is 0 Å². The second-order valence-electron chi connectivity index (χ2n) is 2.06. The molecule has 0 atom stereocenters. The van der Waals surface area contributed by atoms with E-state index in [1.54, 1.807) is 0 Å². The molecule has 0 spiro atoms. The van der Waals surface area contributed by atoms with Gasteiger partial charge in [-0.25, -0.2) is 0 Å². The Bertz CT molecular complexity index is 220. The Balaban J connectivity index is 2.67. The monoisotopic (exact) mass is 244 g/mol. The fraction of sp³-hybridized carbons (Fsp3) is 0.143. The third kappa shape index (κ3) is 2.58. The van der Waals surface area contributed by atoms with Crippen molar-refractivity contribution in [1.82, 2.24) is 0 Å². The molecular formula is C7H8O2Sn. The van der Waals surface area contributed by atoms with Gasteiger partial charge in [0.1, 0.15) is 0 Å². The first-order valence-corrected chi connectivity index (χ1v) is 7.51. The van der Waals surface area contributed by atoms with E-state index in [0.29, 0.717) is 4.44 Å². The molecular weight excluding hydrogens is 235 g/mol. The first-order valence-electron chi connectivity index (χ1n) is 3.05. The molecule has 1 N–H and O–H groups in total. The molecule has 0 aliphatic heterocycles. The SMILES string of the molecule is [O]=[Sn]([OH])[CH2]c1ccccc1. The van der Waals surface area contributed by atoms with Crippen molar-refractivity contribution in [3.8, 4) is 0 Å². The van der Waals surface area contributed by atoms with Crippen molar-refractivity contribution in [2.24, 2.45) is 0 Å². The summed E-state index contributed by atoms with van der Waals surface area (Å²) in [5.74, 6) is 0. The van der Waals surface area contributed by atoms with Crippen LogP contribution in [0.25, 0.3) is 0 Å². The van der Waals surface area contributed by atoms with Crippen LogP contribution in [0.4, 0.5) is 0 Å². The second kappa shape index (κ2) is 3.83. The van der Waals surface area contributed by atoms with Crippen LogP contribution in [0.2, 0.25) is 0 Å². The van der Waals surface area contributed by atoms with Gasteiger partial charge >= 0.3 is 67.0 Å². The van der Waals surface area contributed by atoms with Crippen molar-refractivity contribution >= 4 is 20.2 Å². The maximum absolute atomic E-state index is 10.4. The molecule has 0 radical (unpaired) electrons. The van der Waals surface area contributed by atoms with Crippen LogP contribution in [0, 0.1) is 0 Å². The quantitative estimate of drug-likeness (QED) is 0.775. The number of hydrogen-bond acceptors (Lipinski definition) is 1. The zero-order valence-corrected chi connectivity index (χ0v) is 8.30. The summed E-state index contributed by atoms with van der Waals surface area (Å²) in [5.41, 5.74) is 0.967. The average Bonchev–Trinajstić information content (AvgIpc) is 1.88. The van der Waals surface area contributed by atoms with Gasteiger partial charge < -0.3 is 0 Å². The molecule has 0 aliphatic rings. The molecule has 10 heavy (non-hydrogen) atoms. The van der Waals surface area contributed by atoms with Gasteiger partial charge in [-0.3, -0.25) is 0 Å². The molecule has 0 bridgehead atoms. The number of rotatable bonds is 2.